The Morgan fingerprint density at radius 2 is 2.11 bits per heavy atom. The third-order valence-electron chi connectivity index (χ3n) is 3.57. The summed E-state index contributed by atoms with van der Waals surface area (Å²) in [6, 6.07) is 9.44. The Morgan fingerprint density at radius 1 is 1.39 bits per heavy atom. The van der Waals surface area contributed by atoms with Crippen LogP contribution in [0.25, 0.3) is 0 Å². The van der Waals surface area contributed by atoms with Gasteiger partial charge in [-0.15, -0.1) is 0 Å². The lowest BCUT2D eigenvalue weighted by atomic mass is 10.1. The van der Waals surface area contributed by atoms with Gasteiger partial charge < -0.3 is 15.0 Å². The van der Waals surface area contributed by atoms with E-state index < -0.39 is 0 Å². The molecule has 2 rings (SSSR count). The average Bonchev–Trinajstić information content (AvgIpc) is 2.76. The number of likely N-dealkylation sites (N-methyl/N-ethyl adjacent to an activating group) is 1. The number of rotatable bonds is 5. The molecule has 1 aliphatic heterocycles. The van der Waals surface area contributed by atoms with E-state index in [4.69, 9.17) is 4.74 Å². The maximum Gasteiger partial charge on any atom is 0.119 e. The normalized spacial score (nSPS) is 22.1. The fraction of sp³-hybridized carbons (Fsp3) is 0.600. The second-order valence-electron chi connectivity index (χ2n) is 5.14. The molecule has 3 nitrogen and oxygen atoms in total. The molecule has 0 saturated carbocycles. The first kappa shape index (κ1) is 13.4. The lowest BCUT2D eigenvalue weighted by Gasteiger charge is -2.20. The molecule has 1 aliphatic rings. The van der Waals surface area contributed by atoms with Crippen LogP contribution in [-0.4, -0.2) is 37.7 Å². The van der Waals surface area contributed by atoms with Crippen molar-refractivity contribution in [2.75, 3.05) is 26.7 Å². The molecule has 0 aliphatic carbocycles. The van der Waals surface area contributed by atoms with Crippen LogP contribution >= 0.6 is 0 Å². The van der Waals surface area contributed by atoms with Crippen LogP contribution in [0, 0.1) is 0 Å². The van der Waals surface area contributed by atoms with Gasteiger partial charge >= 0.3 is 0 Å². The van der Waals surface area contributed by atoms with Gasteiger partial charge in [0.2, 0.25) is 0 Å². The maximum absolute atomic E-state index is 5.46. The number of hydrogen-bond acceptors (Lipinski definition) is 3. The fourth-order valence-electron chi connectivity index (χ4n) is 2.54. The summed E-state index contributed by atoms with van der Waals surface area (Å²) < 4.78 is 5.46. The first-order valence-corrected chi connectivity index (χ1v) is 6.86. The maximum atomic E-state index is 5.46. The summed E-state index contributed by atoms with van der Waals surface area (Å²) >= 11 is 0. The van der Waals surface area contributed by atoms with Gasteiger partial charge in [-0.25, -0.2) is 0 Å². The van der Waals surface area contributed by atoms with Gasteiger partial charge in [0, 0.05) is 18.6 Å². The van der Waals surface area contributed by atoms with E-state index in [-0.39, 0.29) is 0 Å². The van der Waals surface area contributed by atoms with Crippen molar-refractivity contribution in [2.45, 2.75) is 32.4 Å². The molecule has 1 aromatic carbocycles. The number of hydrogen-bond donors (Lipinski definition) is 1. The zero-order valence-corrected chi connectivity index (χ0v) is 11.6. The van der Waals surface area contributed by atoms with E-state index in [0.29, 0.717) is 12.1 Å². The van der Waals surface area contributed by atoms with Gasteiger partial charge in [0.15, 0.2) is 0 Å². The van der Waals surface area contributed by atoms with Crippen molar-refractivity contribution < 1.29 is 4.74 Å². The Labute approximate surface area is 110 Å². The molecule has 1 N–H and O–H groups in total. The summed E-state index contributed by atoms with van der Waals surface area (Å²) in [5, 5.41) is 3.69. The van der Waals surface area contributed by atoms with E-state index in [1.54, 1.807) is 0 Å². The number of ether oxygens (including phenoxy) is 1. The number of nitrogens with zero attached hydrogens (tertiary/aromatic N) is 1. The highest BCUT2D eigenvalue weighted by atomic mass is 16.5. The smallest absolute Gasteiger partial charge is 0.119 e. The molecule has 2 unspecified atom stereocenters. The van der Waals surface area contributed by atoms with Gasteiger partial charge in [-0.1, -0.05) is 12.1 Å². The molecule has 100 valence electrons. The number of nitrogens with one attached hydrogen (secondary N) is 1. The lowest BCUT2D eigenvalue weighted by molar-refractivity contribution is 0.340. The van der Waals surface area contributed by atoms with Gasteiger partial charge in [0.05, 0.1) is 6.61 Å². The van der Waals surface area contributed by atoms with Crippen LogP contribution in [0.15, 0.2) is 24.3 Å². The highest BCUT2D eigenvalue weighted by molar-refractivity contribution is 5.29. The summed E-state index contributed by atoms with van der Waals surface area (Å²) in [7, 11) is 2.18. The van der Waals surface area contributed by atoms with Crippen molar-refractivity contribution in [1.82, 2.24) is 10.2 Å². The van der Waals surface area contributed by atoms with E-state index in [2.05, 4.69) is 48.5 Å². The molecular formula is C15H24N2O. The highest BCUT2D eigenvalue weighted by Crippen LogP contribution is 2.19. The van der Waals surface area contributed by atoms with E-state index in [0.717, 1.165) is 18.9 Å². The number of likely N-dealkylation sites (tertiary alicyclic amines) is 1. The predicted molar refractivity (Wildman–Crippen MR) is 75.1 cm³/mol. The van der Waals surface area contributed by atoms with Crippen molar-refractivity contribution >= 4 is 0 Å². The second kappa shape index (κ2) is 6.21. The summed E-state index contributed by atoms with van der Waals surface area (Å²) in [4.78, 5) is 2.38. The largest absolute Gasteiger partial charge is 0.494 e. The second-order valence-corrected chi connectivity index (χ2v) is 5.14. The van der Waals surface area contributed by atoms with Crippen molar-refractivity contribution in [3.8, 4) is 5.75 Å². The van der Waals surface area contributed by atoms with Gasteiger partial charge in [0.25, 0.3) is 0 Å². The van der Waals surface area contributed by atoms with Crippen molar-refractivity contribution in [3.05, 3.63) is 29.8 Å². The molecule has 1 fully saturated rings. The number of benzene rings is 1. The van der Waals surface area contributed by atoms with E-state index in [1.165, 1.54) is 18.5 Å². The molecule has 3 heteroatoms. The summed E-state index contributed by atoms with van der Waals surface area (Å²) in [5.41, 5.74) is 1.33. The van der Waals surface area contributed by atoms with E-state index in [9.17, 15) is 0 Å². The third kappa shape index (κ3) is 3.47. The Hall–Kier alpha value is -1.06. The van der Waals surface area contributed by atoms with Gasteiger partial charge in [-0.05, 0) is 51.6 Å². The zero-order valence-electron chi connectivity index (χ0n) is 11.6. The minimum Gasteiger partial charge on any atom is -0.494 e. The standard InChI is InChI=1S/C15H24N2O/c1-4-18-15-7-5-13(6-8-15)12(2)16-14-9-10-17(3)11-14/h5-8,12,14,16H,4,9-11H2,1-3H3. The van der Waals surface area contributed by atoms with Crippen LogP contribution in [0.4, 0.5) is 0 Å². The fourth-order valence-corrected chi connectivity index (χ4v) is 2.54. The molecule has 0 spiro atoms. The summed E-state index contributed by atoms with van der Waals surface area (Å²) in [5.74, 6) is 0.953. The molecule has 1 heterocycles. The lowest BCUT2D eigenvalue weighted by Crippen LogP contribution is -2.33. The molecule has 1 aromatic rings. The Bertz CT molecular complexity index is 363. The van der Waals surface area contributed by atoms with Crippen molar-refractivity contribution in [2.24, 2.45) is 0 Å². The summed E-state index contributed by atoms with van der Waals surface area (Å²) in [6.07, 6.45) is 1.25. The van der Waals surface area contributed by atoms with Crippen LogP contribution in [0.2, 0.25) is 0 Å². The third-order valence-corrected chi connectivity index (χ3v) is 3.57. The first-order valence-electron chi connectivity index (χ1n) is 6.86. The predicted octanol–water partition coefficient (Wildman–Crippen LogP) is 2.44. The quantitative estimate of drug-likeness (QED) is 0.866. The monoisotopic (exact) mass is 248 g/mol. The molecule has 0 amide bonds. The van der Waals surface area contributed by atoms with Crippen LogP contribution in [-0.2, 0) is 0 Å². The van der Waals surface area contributed by atoms with Gasteiger partial charge in [-0.3, -0.25) is 0 Å². The molecule has 0 radical (unpaired) electrons. The zero-order chi connectivity index (χ0) is 13.0. The minimum atomic E-state index is 0.400. The molecule has 0 aromatic heterocycles. The highest BCUT2D eigenvalue weighted by Gasteiger charge is 2.20. The summed E-state index contributed by atoms with van der Waals surface area (Å²) in [6.45, 7) is 7.32. The Balaban J connectivity index is 1.90. The Morgan fingerprint density at radius 3 is 2.67 bits per heavy atom. The van der Waals surface area contributed by atoms with E-state index >= 15 is 0 Å². The topological polar surface area (TPSA) is 24.5 Å². The molecule has 18 heavy (non-hydrogen) atoms. The molecule has 0 bridgehead atoms. The minimum absolute atomic E-state index is 0.400. The van der Waals surface area contributed by atoms with Crippen molar-refractivity contribution in [1.29, 1.82) is 0 Å². The van der Waals surface area contributed by atoms with Gasteiger partial charge in [0.1, 0.15) is 5.75 Å². The SMILES string of the molecule is CCOc1ccc(C(C)NC2CCN(C)C2)cc1. The van der Waals surface area contributed by atoms with Crippen LogP contribution < -0.4 is 10.1 Å². The molecule has 2 atom stereocenters. The van der Waals surface area contributed by atoms with Crippen LogP contribution in [0.1, 0.15) is 31.9 Å². The van der Waals surface area contributed by atoms with Crippen LogP contribution in [0.3, 0.4) is 0 Å². The molecular weight excluding hydrogens is 224 g/mol. The van der Waals surface area contributed by atoms with Gasteiger partial charge in [-0.2, -0.15) is 0 Å². The first-order chi connectivity index (χ1) is 8.69. The van der Waals surface area contributed by atoms with E-state index in [1.807, 2.05) is 6.92 Å². The van der Waals surface area contributed by atoms with Crippen LogP contribution in [0.5, 0.6) is 5.75 Å². The average molecular weight is 248 g/mol. The molecule has 1 saturated heterocycles. The Kier molecular flexibility index (Phi) is 4.61. The van der Waals surface area contributed by atoms with Crippen molar-refractivity contribution in [3.63, 3.8) is 0 Å².